The van der Waals surface area contributed by atoms with Gasteiger partial charge in [0.2, 0.25) is 5.91 Å². The summed E-state index contributed by atoms with van der Waals surface area (Å²) >= 11 is 0. The average Bonchev–Trinajstić information content (AvgIpc) is 2.49. The summed E-state index contributed by atoms with van der Waals surface area (Å²) in [4.78, 5) is 16.6. The van der Waals surface area contributed by atoms with Gasteiger partial charge in [0, 0.05) is 37.8 Å². The highest BCUT2D eigenvalue weighted by Crippen LogP contribution is 2.34. The second-order valence-electron chi connectivity index (χ2n) is 3.51. The highest BCUT2D eigenvalue weighted by Gasteiger charge is 2.42. The molecule has 4 nitrogen and oxygen atoms in total. The second kappa shape index (κ2) is 3.06. The van der Waals surface area contributed by atoms with Gasteiger partial charge in [0.25, 0.3) is 0 Å². The molecule has 1 fully saturated rings. The van der Waals surface area contributed by atoms with Crippen LogP contribution in [0.2, 0.25) is 0 Å². The van der Waals surface area contributed by atoms with Gasteiger partial charge in [0.15, 0.2) is 5.72 Å². The number of aromatic nitrogens is 1. The Morgan fingerprint density at radius 2 is 2.43 bits per heavy atom. The van der Waals surface area contributed by atoms with Crippen LogP contribution in [0.5, 0.6) is 0 Å². The van der Waals surface area contributed by atoms with Crippen LogP contribution in [0.3, 0.4) is 0 Å². The smallest absolute Gasteiger partial charge is 0.225 e. The molecule has 1 aromatic rings. The molecule has 0 saturated carbocycles. The van der Waals surface area contributed by atoms with E-state index in [4.69, 9.17) is 0 Å². The number of nitrogens with zero attached hydrogens (tertiary/aromatic N) is 2. The zero-order chi connectivity index (χ0) is 10.2. The normalized spacial score (nSPS) is 27.0. The summed E-state index contributed by atoms with van der Waals surface area (Å²) in [6.45, 7) is 0. The first-order valence-corrected chi connectivity index (χ1v) is 4.54. The zero-order valence-electron chi connectivity index (χ0n) is 7.97. The van der Waals surface area contributed by atoms with Gasteiger partial charge in [-0.05, 0) is 6.07 Å². The van der Waals surface area contributed by atoms with Crippen LogP contribution in [0.1, 0.15) is 18.4 Å². The quantitative estimate of drug-likeness (QED) is 0.704. The van der Waals surface area contributed by atoms with Gasteiger partial charge in [-0.3, -0.25) is 9.78 Å². The first kappa shape index (κ1) is 9.15. The van der Waals surface area contributed by atoms with E-state index >= 15 is 0 Å². The minimum Gasteiger partial charge on any atom is -0.367 e. The van der Waals surface area contributed by atoms with Crippen LogP contribution in [0.25, 0.3) is 0 Å². The lowest BCUT2D eigenvalue weighted by Gasteiger charge is -2.30. The summed E-state index contributed by atoms with van der Waals surface area (Å²) in [7, 11) is 1.61. The topological polar surface area (TPSA) is 53.4 Å². The zero-order valence-corrected chi connectivity index (χ0v) is 7.97. The van der Waals surface area contributed by atoms with Gasteiger partial charge in [-0.2, -0.15) is 0 Å². The van der Waals surface area contributed by atoms with Gasteiger partial charge >= 0.3 is 0 Å². The molecule has 1 saturated heterocycles. The van der Waals surface area contributed by atoms with Crippen molar-refractivity contribution in [2.75, 3.05) is 7.05 Å². The Morgan fingerprint density at radius 3 is 2.93 bits per heavy atom. The van der Waals surface area contributed by atoms with E-state index in [-0.39, 0.29) is 5.91 Å². The molecule has 1 N–H and O–H groups in total. The maximum absolute atomic E-state index is 11.3. The number of rotatable bonds is 1. The van der Waals surface area contributed by atoms with E-state index in [0.29, 0.717) is 18.4 Å². The number of carbonyl (C=O) groups excluding carboxylic acids is 1. The molecule has 1 aliphatic heterocycles. The van der Waals surface area contributed by atoms with Crippen LogP contribution in [-0.4, -0.2) is 27.9 Å². The number of hydrogen-bond donors (Lipinski definition) is 1. The minimum atomic E-state index is -1.16. The van der Waals surface area contributed by atoms with E-state index in [1.807, 2.05) is 0 Å². The van der Waals surface area contributed by atoms with Crippen molar-refractivity contribution in [2.24, 2.45) is 0 Å². The van der Waals surface area contributed by atoms with Crippen molar-refractivity contribution in [3.8, 4) is 0 Å². The van der Waals surface area contributed by atoms with Crippen molar-refractivity contribution in [2.45, 2.75) is 18.6 Å². The second-order valence-corrected chi connectivity index (χ2v) is 3.51. The predicted octanol–water partition coefficient (Wildman–Crippen LogP) is 0.479. The fourth-order valence-corrected chi connectivity index (χ4v) is 1.76. The molecular formula is C10H12N2O2. The van der Waals surface area contributed by atoms with E-state index in [1.165, 1.54) is 4.90 Å². The largest absolute Gasteiger partial charge is 0.367 e. The molecule has 1 amide bonds. The molecule has 1 aromatic heterocycles. The molecule has 4 heteroatoms. The molecule has 2 heterocycles. The van der Waals surface area contributed by atoms with Crippen molar-refractivity contribution in [1.29, 1.82) is 0 Å². The third-order valence-electron chi connectivity index (χ3n) is 2.74. The molecule has 0 aromatic carbocycles. The maximum Gasteiger partial charge on any atom is 0.225 e. The highest BCUT2D eigenvalue weighted by molar-refractivity contribution is 5.79. The Balaban J connectivity index is 2.39. The Kier molecular flexibility index (Phi) is 2.00. The summed E-state index contributed by atoms with van der Waals surface area (Å²) in [6, 6.07) is 3.53. The van der Waals surface area contributed by atoms with Gasteiger partial charge < -0.3 is 10.0 Å². The van der Waals surface area contributed by atoms with Crippen LogP contribution < -0.4 is 0 Å². The van der Waals surface area contributed by atoms with Crippen LogP contribution in [0.15, 0.2) is 24.5 Å². The van der Waals surface area contributed by atoms with E-state index in [2.05, 4.69) is 4.98 Å². The fourth-order valence-electron chi connectivity index (χ4n) is 1.76. The van der Waals surface area contributed by atoms with Crippen LogP contribution in [0, 0.1) is 0 Å². The third-order valence-corrected chi connectivity index (χ3v) is 2.74. The van der Waals surface area contributed by atoms with Crippen molar-refractivity contribution in [3.63, 3.8) is 0 Å². The monoisotopic (exact) mass is 192 g/mol. The Bertz CT molecular complexity index is 352. The number of likely N-dealkylation sites (tertiary alicyclic amines) is 1. The van der Waals surface area contributed by atoms with Crippen LogP contribution >= 0.6 is 0 Å². The van der Waals surface area contributed by atoms with Gasteiger partial charge in [-0.1, -0.05) is 6.07 Å². The molecule has 0 spiro atoms. The van der Waals surface area contributed by atoms with Crippen LogP contribution in [0.4, 0.5) is 0 Å². The number of hydrogen-bond acceptors (Lipinski definition) is 3. The number of carbonyl (C=O) groups is 1. The van der Waals surface area contributed by atoms with Gasteiger partial charge in [0.05, 0.1) is 0 Å². The lowest BCUT2D eigenvalue weighted by atomic mass is 10.0. The Labute approximate surface area is 82.2 Å². The number of pyridine rings is 1. The summed E-state index contributed by atoms with van der Waals surface area (Å²) in [6.07, 6.45) is 4.06. The van der Waals surface area contributed by atoms with Gasteiger partial charge in [0.1, 0.15) is 0 Å². The van der Waals surface area contributed by atoms with Crippen LogP contribution in [-0.2, 0) is 10.5 Å². The Hall–Kier alpha value is -1.42. The first-order chi connectivity index (χ1) is 6.64. The predicted molar refractivity (Wildman–Crippen MR) is 50.1 cm³/mol. The SMILES string of the molecule is CN1C(=O)CC[C@@]1(O)c1cccnc1. The van der Waals surface area contributed by atoms with Gasteiger partial charge in [-0.15, -0.1) is 0 Å². The fraction of sp³-hybridized carbons (Fsp3) is 0.400. The van der Waals surface area contributed by atoms with Crippen molar-refractivity contribution < 1.29 is 9.90 Å². The first-order valence-electron chi connectivity index (χ1n) is 4.54. The lowest BCUT2D eigenvalue weighted by molar-refractivity contribution is -0.142. The summed E-state index contributed by atoms with van der Waals surface area (Å²) in [5.74, 6) is -0.0312. The molecule has 2 rings (SSSR count). The molecule has 74 valence electrons. The summed E-state index contributed by atoms with van der Waals surface area (Å²) < 4.78 is 0. The molecule has 0 bridgehead atoms. The van der Waals surface area contributed by atoms with E-state index < -0.39 is 5.72 Å². The number of aliphatic hydroxyl groups is 1. The molecule has 0 unspecified atom stereocenters. The number of amides is 1. The molecule has 0 radical (unpaired) electrons. The minimum absolute atomic E-state index is 0.0312. The molecule has 1 aliphatic rings. The lowest BCUT2D eigenvalue weighted by Crippen LogP contribution is -2.40. The average molecular weight is 192 g/mol. The van der Waals surface area contributed by atoms with E-state index in [0.717, 1.165) is 0 Å². The van der Waals surface area contributed by atoms with E-state index in [1.54, 1.807) is 31.6 Å². The van der Waals surface area contributed by atoms with Crippen molar-refractivity contribution in [1.82, 2.24) is 9.88 Å². The van der Waals surface area contributed by atoms with Crippen molar-refractivity contribution >= 4 is 5.91 Å². The molecule has 14 heavy (non-hydrogen) atoms. The standard InChI is InChI=1S/C10H12N2O2/c1-12-9(13)4-5-10(12,14)8-3-2-6-11-7-8/h2-3,6-7,14H,4-5H2,1H3/t10-/m1/s1. The van der Waals surface area contributed by atoms with E-state index in [9.17, 15) is 9.90 Å². The summed E-state index contributed by atoms with van der Waals surface area (Å²) in [5.41, 5.74) is -0.487. The molecule has 1 atom stereocenters. The molecular weight excluding hydrogens is 180 g/mol. The third kappa shape index (κ3) is 1.19. The summed E-state index contributed by atoms with van der Waals surface area (Å²) in [5, 5.41) is 10.3. The van der Waals surface area contributed by atoms with Gasteiger partial charge in [-0.25, -0.2) is 0 Å². The van der Waals surface area contributed by atoms with Crippen molar-refractivity contribution in [3.05, 3.63) is 30.1 Å². The molecule has 0 aliphatic carbocycles. The maximum atomic E-state index is 11.3. The Morgan fingerprint density at radius 1 is 1.64 bits per heavy atom. The highest BCUT2D eigenvalue weighted by atomic mass is 16.3.